The Kier molecular flexibility index (Phi) is 4.71. The van der Waals surface area contributed by atoms with E-state index in [1.54, 1.807) is 40.9 Å². The molecule has 1 amide bonds. The largest absolute Gasteiger partial charge is 0.331 e. The molecule has 1 atom stereocenters. The zero-order chi connectivity index (χ0) is 18.0. The van der Waals surface area contributed by atoms with E-state index in [-0.39, 0.29) is 23.5 Å². The molecule has 3 rings (SSSR count). The van der Waals surface area contributed by atoms with Gasteiger partial charge in [0.1, 0.15) is 0 Å². The maximum atomic E-state index is 13.0. The second kappa shape index (κ2) is 6.79. The lowest BCUT2D eigenvalue weighted by Crippen LogP contribution is -2.41. The number of carbonyl (C=O) groups excluding carboxylic acids is 1. The molecule has 8 heteroatoms. The number of aromatic nitrogens is 3. The zero-order valence-electron chi connectivity index (χ0n) is 14.0. The minimum atomic E-state index is -3.08. The molecule has 1 aliphatic rings. The van der Waals surface area contributed by atoms with E-state index >= 15 is 0 Å². The predicted molar refractivity (Wildman–Crippen MR) is 94.4 cm³/mol. The van der Waals surface area contributed by atoms with Crippen LogP contribution >= 0.6 is 0 Å². The molecule has 7 nitrogen and oxygen atoms in total. The molecule has 2 aromatic rings. The summed E-state index contributed by atoms with van der Waals surface area (Å²) >= 11 is 0. The van der Waals surface area contributed by atoms with Crippen LogP contribution in [0.5, 0.6) is 0 Å². The number of rotatable bonds is 5. The van der Waals surface area contributed by atoms with Crippen LogP contribution in [0.1, 0.15) is 22.5 Å². The maximum absolute atomic E-state index is 13.0. The van der Waals surface area contributed by atoms with E-state index in [0.29, 0.717) is 30.0 Å². The molecule has 0 aliphatic carbocycles. The van der Waals surface area contributed by atoms with Crippen LogP contribution in [-0.2, 0) is 9.84 Å². The van der Waals surface area contributed by atoms with Crippen LogP contribution in [-0.4, -0.2) is 58.1 Å². The SMILES string of the molecule is C=CCN(C(=O)c1cnn(-c2ccccn2)c1C)C1CCS(=O)(=O)C1. The summed E-state index contributed by atoms with van der Waals surface area (Å²) in [4.78, 5) is 18.8. The van der Waals surface area contributed by atoms with Crippen molar-refractivity contribution in [3.8, 4) is 5.82 Å². The fraction of sp³-hybridized carbons (Fsp3) is 0.353. The monoisotopic (exact) mass is 360 g/mol. The third kappa shape index (κ3) is 3.48. The van der Waals surface area contributed by atoms with Crippen molar-refractivity contribution in [1.82, 2.24) is 19.7 Å². The Morgan fingerprint density at radius 1 is 1.48 bits per heavy atom. The average Bonchev–Trinajstić information content (AvgIpc) is 3.15. The Hall–Kier alpha value is -2.48. The van der Waals surface area contributed by atoms with E-state index in [0.717, 1.165) is 0 Å². The lowest BCUT2D eigenvalue weighted by Gasteiger charge is -2.27. The summed E-state index contributed by atoms with van der Waals surface area (Å²) in [6, 6.07) is 5.13. The van der Waals surface area contributed by atoms with E-state index in [1.165, 1.54) is 6.20 Å². The molecule has 0 saturated carbocycles. The quantitative estimate of drug-likeness (QED) is 0.752. The maximum Gasteiger partial charge on any atom is 0.257 e. The molecule has 1 unspecified atom stereocenters. The fourth-order valence-electron chi connectivity index (χ4n) is 3.04. The predicted octanol–water partition coefficient (Wildman–Crippen LogP) is 1.39. The molecule has 132 valence electrons. The first-order valence-corrected chi connectivity index (χ1v) is 9.83. The van der Waals surface area contributed by atoms with Crippen LogP contribution in [0.3, 0.4) is 0 Å². The van der Waals surface area contributed by atoms with Gasteiger partial charge in [-0.3, -0.25) is 4.79 Å². The lowest BCUT2D eigenvalue weighted by molar-refractivity contribution is 0.0720. The molecular weight excluding hydrogens is 340 g/mol. The first kappa shape index (κ1) is 17.3. The molecule has 3 heterocycles. The van der Waals surface area contributed by atoms with Gasteiger partial charge in [0.25, 0.3) is 5.91 Å². The van der Waals surface area contributed by atoms with Crippen LogP contribution in [0.15, 0.2) is 43.2 Å². The van der Waals surface area contributed by atoms with Crippen molar-refractivity contribution in [3.05, 3.63) is 54.5 Å². The van der Waals surface area contributed by atoms with Gasteiger partial charge in [-0.1, -0.05) is 12.1 Å². The highest BCUT2D eigenvalue weighted by Gasteiger charge is 2.35. The van der Waals surface area contributed by atoms with Gasteiger partial charge in [-0.2, -0.15) is 5.10 Å². The summed E-state index contributed by atoms with van der Waals surface area (Å²) in [6.45, 7) is 5.78. The van der Waals surface area contributed by atoms with Crippen LogP contribution < -0.4 is 0 Å². The van der Waals surface area contributed by atoms with Crippen LogP contribution in [0.4, 0.5) is 0 Å². The first-order valence-electron chi connectivity index (χ1n) is 8.01. The van der Waals surface area contributed by atoms with Crippen molar-refractivity contribution in [1.29, 1.82) is 0 Å². The highest BCUT2D eigenvalue weighted by molar-refractivity contribution is 7.91. The van der Waals surface area contributed by atoms with Gasteiger partial charge in [0.15, 0.2) is 15.7 Å². The Morgan fingerprint density at radius 2 is 2.28 bits per heavy atom. The first-order chi connectivity index (χ1) is 11.9. The molecule has 0 radical (unpaired) electrons. The molecule has 0 bridgehead atoms. The van der Waals surface area contributed by atoms with Crippen molar-refractivity contribution < 1.29 is 13.2 Å². The van der Waals surface area contributed by atoms with Crippen molar-refractivity contribution in [2.24, 2.45) is 0 Å². The lowest BCUT2D eigenvalue weighted by atomic mass is 10.1. The van der Waals surface area contributed by atoms with E-state index in [1.807, 2.05) is 6.07 Å². The molecule has 0 spiro atoms. The van der Waals surface area contributed by atoms with Gasteiger partial charge in [-0.05, 0) is 25.5 Å². The second-order valence-electron chi connectivity index (χ2n) is 6.05. The summed E-state index contributed by atoms with van der Waals surface area (Å²) in [7, 11) is -3.08. The van der Waals surface area contributed by atoms with E-state index in [9.17, 15) is 13.2 Å². The number of hydrogen-bond donors (Lipinski definition) is 0. The summed E-state index contributed by atoms with van der Waals surface area (Å²) in [5.74, 6) is 0.504. The molecule has 0 N–H and O–H groups in total. The molecule has 1 fully saturated rings. The molecule has 25 heavy (non-hydrogen) atoms. The fourth-order valence-corrected chi connectivity index (χ4v) is 4.77. The Balaban J connectivity index is 1.91. The third-order valence-electron chi connectivity index (χ3n) is 4.34. The molecule has 1 aliphatic heterocycles. The van der Waals surface area contributed by atoms with Gasteiger partial charge in [0, 0.05) is 18.8 Å². The van der Waals surface area contributed by atoms with Crippen molar-refractivity contribution in [2.45, 2.75) is 19.4 Å². The molecule has 2 aromatic heterocycles. The summed E-state index contributed by atoms with van der Waals surface area (Å²) in [5.41, 5.74) is 1.11. The van der Waals surface area contributed by atoms with Crippen LogP contribution in [0, 0.1) is 6.92 Å². The third-order valence-corrected chi connectivity index (χ3v) is 6.09. The minimum Gasteiger partial charge on any atom is -0.331 e. The van der Waals surface area contributed by atoms with E-state index < -0.39 is 9.84 Å². The normalized spacial score (nSPS) is 18.8. The Bertz CT molecular complexity index is 890. The molecule has 1 saturated heterocycles. The number of amides is 1. The number of pyridine rings is 1. The summed E-state index contributed by atoms with van der Waals surface area (Å²) < 4.78 is 25.2. The minimum absolute atomic E-state index is 0.00000554. The van der Waals surface area contributed by atoms with Gasteiger partial charge < -0.3 is 4.90 Å². The van der Waals surface area contributed by atoms with E-state index in [4.69, 9.17) is 0 Å². The highest BCUT2D eigenvalue weighted by Crippen LogP contribution is 2.22. The van der Waals surface area contributed by atoms with Gasteiger partial charge >= 0.3 is 0 Å². The Morgan fingerprint density at radius 3 is 2.88 bits per heavy atom. The van der Waals surface area contributed by atoms with E-state index in [2.05, 4.69) is 16.7 Å². The van der Waals surface area contributed by atoms with Crippen molar-refractivity contribution in [3.63, 3.8) is 0 Å². The summed E-state index contributed by atoms with van der Waals surface area (Å²) in [5, 5.41) is 4.27. The van der Waals surface area contributed by atoms with Crippen molar-refractivity contribution in [2.75, 3.05) is 18.1 Å². The van der Waals surface area contributed by atoms with Gasteiger partial charge in [0.05, 0.1) is 29.0 Å². The smallest absolute Gasteiger partial charge is 0.257 e. The molecule has 0 aromatic carbocycles. The zero-order valence-corrected chi connectivity index (χ0v) is 14.8. The molecular formula is C17H20N4O3S. The van der Waals surface area contributed by atoms with Crippen LogP contribution in [0.25, 0.3) is 5.82 Å². The van der Waals surface area contributed by atoms with Gasteiger partial charge in [-0.15, -0.1) is 6.58 Å². The number of hydrogen-bond acceptors (Lipinski definition) is 5. The topological polar surface area (TPSA) is 85.2 Å². The van der Waals surface area contributed by atoms with Crippen LogP contribution in [0.2, 0.25) is 0 Å². The number of nitrogens with zero attached hydrogens (tertiary/aromatic N) is 4. The second-order valence-corrected chi connectivity index (χ2v) is 8.28. The Labute approximate surface area is 146 Å². The van der Waals surface area contributed by atoms with Crippen molar-refractivity contribution >= 4 is 15.7 Å². The average molecular weight is 360 g/mol. The van der Waals surface area contributed by atoms with Gasteiger partial charge in [0.2, 0.25) is 0 Å². The highest BCUT2D eigenvalue weighted by atomic mass is 32.2. The number of carbonyl (C=O) groups is 1. The summed E-state index contributed by atoms with van der Waals surface area (Å²) in [6.07, 6.45) is 5.23. The number of sulfone groups is 1. The standard InChI is InChI=1S/C17H20N4O3S/c1-3-9-20(14-7-10-25(23,24)12-14)17(22)15-11-19-21(13(15)2)16-6-4-5-8-18-16/h3-6,8,11,14H,1,7,9-10,12H2,2H3. The van der Waals surface area contributed by atoms with Gasteiger partial charge in [-0.25, -0.2) is 18.1 Å².